The summed E-state index contributed by atoms with van der Waals surface area (Å²) in [5.41, 5.74) is 0.678. The number of rotatable bonds is 1. The lowest BCUT2D eigenvalue weighted by atomic mass is 9.83. The molecule has 2 aromatic heterocycles. The molecule has 0 saturated carbocycles. The van der Waals surface area contributed by atoms with Crippen LogP contribution < -0.4 is 16.0 Å². The van der Waals surface area contributed by atoms with Crippen molar-refractivity contribution in [3.8, 4) is 11.5 Å². The van der Waals surface area contributed by atoms with Crippen LogP contribution in [0.4, 0.5) is 0 Å². The van der Waals surface area contributed by atoms with Gasteiger partial charge in [-0.2, -0.15) is 0 Å². The molecule has 3 aromatic carbocycles. The monoisotopic (exact) mass is 428 g/mol. The molecule has 150 valence electrons. The first-order chi connectivity index (χ1) is 15.1. The maximum Gasteiger partial charge on any atom is 0.344 e. The van der Waals surface area contributed by atoms with Gasteiger partial charge in [-0.1, -0.05) is 54.1 Å². The van der Waals surface area contributed by atoms with E-state index in [9.17, 15) is 9.59 Å². The molecule has 6 heteroatoms. The molecule has 0 radical (unpaired) electrons. The molecule has 0 N–H and O–H groups in total. The Labute approximate surface area is 180 Å². The summed E-state index contributed by atoms with van der Waals surface area (Å²) in [4.78, 5) is 26.3. The van der Waals surface area contributed by atoms with Crippen LogP contribution in [0.25, 0.3) is 21.9 Å². The minimum absolute atomic E-state index is 0.224. The highest BCUT2D eigenvalue weighted by Gasteiger charge is 2.38. The molecule has 6 rings (SSSR count). The zero-order valence-electron chi connectivity index (χ0n) is 15.9. The van der Waals surface area contributed by atoms with Gasteiger partial charge in [0.15, 0.2) is 0 Å². The quantitative estimate of drug-likeness (QED) is 0.308. The molecule has 31 heavy (non-hydrogen) atoms. The first-order valence-electron chi connectivity index (χ1n) is 9.67. The summed E-state index contributed by atoms with van der Waals surface area (Å²) in [6.45, 7) is 0. The largest absolute Gasteiger partial charge is 0.455 e. The van der Waals surface area contributed by atoms with Gasteiger partial charge < -0.3 is 13.6 Å². The lowest BCUT2D eigenvalue weighted by Gasteiger charge is -2.28. The number of hydrogen-bond acceptors (Lipinski definition) is 5. The van der Waals surface area contributed by atoms with E-state index in [1.54, 1.807) is 48.5 Å². The summed E-state index contributed by atoms with van der Waals surface area (Å²) in [5.74, 6) is -0.0748. The second kappa shape index (κ2) is 6.59. The van der Waals surface area contributed by atoms with Crippen molar-refractivity contribution in [3.63, 3.8) is 0 Å². The number of benzene rings is 3. The predicted octanol–water partition coefficient (Wildman–Crippen LogP) is 5.84. The standard InChI is InChI=1S/C25H13ClO5/c26-16-10-4-1-7-13(16)19-20-22(14-8-2-5-11-17(14)29-24(20)27)31-23-15-9-3-6-12-18(15)30-25(28)21(19)23/h1-12,19H. The van der Waals surface area contributed by atoms with Crippen molar-refractivity contribution < 1.29 is 13.6 Å². The van der Waals surface area contributed by atoms with E-state index < -0.39 is 17.2 Å². The van der Waals surface area contributed by atoms with Crippen molar-refractivity contribution in [1.82, 2.24) is 0 Å². The Morgan fingerprint density at radius 1 is 0.645 bits per heavy atom. The maximum atomic E-state index is 13.1. The van der Waals surface area contributed by atoms with Crippen molar-refractivity contribution in [2.75, 3.05) is 0 Å². The Hall–Kier alpha value is -3.83. The van der Waals surface area contributed by atoms with Crippen molar-refractivity contribution in [3.05, 3.63) is 115 Å². The first kappa shape index (κ1) is 18.0. The molecule has 0 fully saturated rings. The molecule has 5 nitrogen and oxygen atoms in total. The van der Waals surface area contributed by atoms with Crippen molar-refractivity contribution >= 4 is 33.5 Å². The summed E-state index contributed by atoms with van der Waals surface area (Å²) in [6, 6.07) is 21.4. The van der Waals surface area contributed by atoms with Crippen LogP contribution >= 0.6 is 11.6 Å². The van der Waals surface area contributed by atoms with E-state index in [4.69, 9.17) is 25.2 Å². The molecule has 0 spiro atoms. The highest BCUT2D eigenvalue weighted by molar-refractivity contribution is 6.31. The molecule has 1 aliphatic rings. The van der Waals surface area contributed by atoms with Crippen LogP contribution in [0.15, 0.2) is 91.2 Å². The number of fused-ring (bicyclic) bond motifs is 6. The molecule has 5 aromatic rings. The molecule has 0 saturated heterocycles. The molecular formula is C25H13ClO5. The summed E-state index contributed by atoms with van der Waals surface area (Å²) in [7, 11) is 0. The van der Waals surface area contributed by atoms with E-state index in [-0.39, 0.29) is 11.1 Å². The van der Waals surface area contributed by atoms with Gasteiger partial charge in [0, 0.05) is 5.02 Å². The SMILES string of the molecule is O=c1oc2ccccc2c2c1C(c1ccccc1Cl)c1c(c3ccccc3oc1=O)O2. The molecule has 1 aliphatic heterocycles. The van der Waals surface area contributed by atoms with Gasteiger partial charge in [0.1, 0.15) is 22.7 Å². The van der Waals surface area contributed by atoms with Crippen LogP contribution in [-0.4, -0.2) is 0 Å². The summed E-state index contributed by atoms with van der Waals surface area (Å²) < 4.78 is 17.5. The van der Waals surface area contributed by atoms with Gasteiger partial charge in [-0.15, -0.1) is 0 Å². The van der Waals surface area contributed by atoms with Crippen LogP contribution in [0.3, 0.4) is 0 Å². The van der Waals surface area contributed by atoms with Gasteiger partial charge >= 0.3 is 11.3 Å². The zero-order chi connectivity index (χ0) is 21.1. The lowest BCUT2D eigenvalue weighted by molar-refractivity contribution is 0.429. The highest BCUT2D eigenvalue weighted by Crippen LogP contribution is 2.50. The highest BCUT2D eigenvalue weighted by atomic mass is 35.5. The average Bonchev–Trinajstić information content (AvgIpc) is 2.78. The van der Waals surface area contributed by atoms with E-state index in [2.05, 4.69) is 0 Å². The Morgan fingerprint density at radius 2 is 1.13 bits per heavy atom. The first-order valence-corrected chi connectivity index (χ1v) is 10.0. The molecular weight excluding hydrogens is 416 g/mol. The molecule has 0 aliphatic carbocycles. The average molecular weight is 429 g/mol. The van der Waals surface area contributed by atoms with Gasteiger partial charge in [-0.25, -0.2) is 9.59 Å². The summed E-state index contributed by atoms with van der Waals surface area (Å²) in [6.07, 6.45) is 0. The Balaban J connectivity index is 1.82. The van der Waals surface area contributed by atoms with E-state index in [1.165, 1.54) is 0 Å². The molecule has 0 atom stereocenters. The van der Waals surface area contributed by atoms with Crippen LogP contribution in [0.2, 0.25) is 5.02 Å². The molecule has 0 bridgehead atoms. The normalized spacial score (nSPS) is 13.1. The number of para-hydroxylation sites is 2. The molecule has 0 unspecified atom stereocenters. The molecule has 3 heterocycles. The van der Waals surface area contributed by atoms with Crippen LogP contribution in [0.5, 0.6) is 11.5 Å². The second-order valence-corrected chi connectivity index (χ2v) is 7.72. The Kier molecular flexibility index (Phi) is 3.82. The fourth-order valence-electron chi connectivity index (χ4n) is 4.26. The van der Waals surface area contributed by atoms with E-state index in [1.807, 2.05) is 24.3 Å². The van der Waals surface area contributed by atoms with Gasteiger partial charge in [0.25, 0.3) is 0 Å². The third-order valence-corrected chi connectivity index (χ3v) is 5.94. The van der Waals surface area contributed by atoms with E-state index in [0.717, 1.165) is 0 Å². The molecule has 0 amide bonds. The van der Waals surface area contributed by atoms with E-state index in [0.29, 0.717) is 44.0 Å². The minimum atomic E-state index is -0.797. The van der Waals surface area contributed by atoms with Gasteiger partial charge in [0.2, 0.25) is 0 Å². The number of halogens is 1. The Morgan fingerprint density at radius 3 is 1.68 bits per heavy atom. The Bertz CT molecular complexity index is 1530. The van der Waals surface area contributed by atoms with Crippen LogP contribution in [0, 0.1) is 0 Å². The summed E-state index contributed by atoms with van der Waals surface area (Å²) in [5, 5.41) is 1.70. The third kappa shape index (κ3) is 2.57. The lowest BCUT2D eigenvalue weighted by Crippen LogP contribution is -2.26. The van der Waals surface area contributed by atoms with Gasteiger partial charge in [0.05, 0.1) is 27.8 Å². The van der Waals surface area contributed by atoms with Crippen LogP contribution in [0.1, 0.15) is 22.6 Å². The van der Waals surface area contributed by atoms with Gasteiger partial charge in [-0.3, -0.25) is 0 Å². The minimum Gasteiger partial charge on any atom is -0.455 e. The van der Waals surface area contributed by atoms with Crippen molar-refractivity contribution in [1.29, 1.82) is 0 Å². The predicted molar refractivity (Wildman–Crippen MR) is 117 cm³/mol. The number of ether oxygens (including phenoxy) is 1. The smallest absolute Gasteiger partial charge is 0.344 e. The maximum absolute atomic E-state index is 13.1. The second-order valence-electron chi connectivity index (χ2n) is 7.31. The topological polar surface area (TPSA) is 69.7 Å². The van der Waals surface area contributed by atoms with Gasteiger partial charge in [-0.05, 0) is 35.9 Å². The van der Waals surface area contributed by atoms with Crippen LogP contribution in [-0.2, 0) is 0 Å². The number of hydrogen-bond donors (Lipinski definition) is 0. The fraction of sp³-hybridized carbons (Fsp3) is 0.0400. The van der Waals surface area contributed by atoms with Crippen molar-refractivity contribution in [2.45, 2.75) is 5.92 Å². The van der Waals surface area contributed by atoms with E-state index >= 15 is 0 Å². The fourth-order valence-corrected chi connectivity index (χ4v) is 4.50. The third-order valence-electron chi connectivity index (χ3n) is 5.60. The summed E-state index contributed by atoms with van der Waals surface area (Å²) >= 11 is 6.53. The zero-order valence-corrected chi connectivity index (χ0v) is 16.7. The van der Waals surface area contributed by atoms with Crippen molar-refractivity contribution in [2.24, 2.45) is 0 Å².